The Morgan fingerprint density at radius 1 is 0.220 bits per heavy atom. The highest BCUT2D eigenvalue weighted by Gasteiger charge is 2.28. The van der Waals surface area contributed by atoms with Crippen molar-refractivity contribution in [3.05, 3.63) is 194 Å². The molecular formula is C48H32N2. The molecule has 0 spiro atoms. The second-order valence-corrected chi connectivity index (χ2v) is 12.9. The Bertz CT molecular complexity index is 2370. The first kappa shape index (κ1) is 28.4. The molecule has 0 fully saturated rings. The van der Waals surface area contributed by atoms with Crippen molar-refractivity contribution in [2.75, 3.05) is 9.80 Å². The second kappa shape index (κ2) is 11.5. The summed E-state index contributed by atoms with van der Waals surface area (Å²) in [6.07, 6.45) is 0. The molecule has 50 heavy (non-hydrogen) atoms. The molecule has 0 amide bonds. The standard InChI is InChI=1S/C48H32N2/c1-3-15-35(16-4-1)49-45-25-13-11-23-41(45)37-19-7-9-21-39(37)43-31-33(27-29-47(43)49)34-28-30-48-44(32-34)40-22-10-8-20-38(40)42-24-12-14-26-46(42)50(48)36-17-5-2-6-18-36/h1-32H. The van der Waals surface area contributed by atoms with Gasteiger partial charge in [-0.15, -0.1) is 0 Å². The van der Waals surface area contributed by atoms with Crippen molar-refractivity contribution in [1.29, 1.82) is 0 Å². The van der Waals surface area contributed by atoms with Gasteiger partial charge in [-0.05, 0) is 94.0 Å². The SMILES string of the molecule is c1ccc(N2c3ccccc3-c3ccccc3-c3cc(-c4ccc5c(c4)-c4ccccc4-c4ccccc4N5c4ccccc4)ccc32)cc1. The Morgan fingerprint density at radius 3 is 0.920 bits per heavy atom. The third-order valence-corrected chi connectivity index (χ3v) is 10.1. The average Bonchev–Trinajstić information content (AvgIpc) is 3.40. The minimum absolute atomic E-state index is 1.14. The highest BCUT2D eigenvalue weighted by atomic mass is 15.2. The Kier molecular flexibility index (Phi) is 6.53. The highest BCUT2D eigenvalue weighted by Crippen LogP contribution is 2.53. The summed E-state index contributed by atoms with van der Waals surface area (Å²) in [5.74, 6) is 0. The van der Waals surface area contributed by atoms with Gasteiger partial charge in [0.2, 0.25) is 0 Å². The first-order valence-electron chi connectivity index (χ1n) is 17.2. The van der Waals surface area contributed by atoms with Crippen LogP contribution >= 0.6 is 0 Å². The number of nitrogens with zero attached hydrogens (tertiary/aromatic N) is 2. The fourth-order valence-electron chi connectivity index (χ4n) is 7.92. The normalized spacial score (nSPS) is 12.3. The van der Waals surface area contributed by atoms with E-state index in [1.807, 2.05) is 0 Å². The minimum atomic E-state index is 1.14. The summed E-state index contributed by atoms with van der Waals surface area (Å²) in [5, 5.41) is 0. The molecule has 0 bridgehead atoms. The van der Waals surface area contributed by atoms with Gasteiger partial charge in [-0.1, -0.05) is 133 Å². The molecule has 8 aromatic carbocycles. The zero-order valence-electron chi connectivity index (χ0n) is 27.4. The van der Waals surface area contributed by atoms with Gasteiger partial charge in [-0.2, -0.15) is 0 Å². The van der Waals surface area contributed by atoms with Crippen LogP contribution in [0.3, 0.4) is 0 Å². The van der Waals surface area contributed by atoms with E-state index >= 15 is 0 Å². The van der Waals surface area contributed by atoms with Crippen LogP contribution in [0, 0.1) is 0 Å². The van der Waals surface area contributed by atoms with E-state index in [0.717, 1.165) is 11.4 Å². The van der Waals surface area contributed by atoms with E-state index in [4.69, 9.17) is 0 Å². The smallest absolute Gasteiger partial charge is 0.0540 e. The van der Waals surface area contributed by atoms with Gasteiger partial charge >= 0.3 is 0 Å². The maximum Gasteiger partial charge on any atom is 0.0540 e. The lowest BCUT2D eigenvalue weighted by Crippen LogP contribution is -2.11. The number of anilines is 6. The second-order valence-electron chi connectivity index (χ2n) is 12.9. The molecule has 2 nitrogen and oxygen atoms in total. The molecular weight excluding hydrogens is 605 g/mol. The zero-order chi connectivity index (χ0) is 33.0. The van der Waals surface area contributed by atoms with Gasteiger partial charge in [-0.3, -0.25) is 0 Å². The minimum Gasteiger partial charge on any atom is -0.309 e. The van der Waals surface area contributed by atoms with Crippen LogP contribution in [0.5, 0.6) is 0 Å². The lowest BCUT2D eigenvalue weighted by Gasteiger charge is -2.28. The lowest BCUT2D eigenvalue weighted by molar-refractivity contribution is 1.29. The number of hydrogen-bond acceptors (Lipinski definition) is 2. The van der Waals surface area contributed by atoms with Gasteiger partial charge in [0, 0.05) is 33.6 Å². The number of para-hydroxylation sites is 4. The Balaban J connectivity index is 1.20. The molecule has 0 radical (unpaired) electrons. The highest BCUT2D eigenvalue weighted by molar-refractivity contribution is 6.05. The van der Waals surface area contributed by atoms with E-state index < -0.39 is 0 Å². The molecule has 8 aromatic rings. The predicted molar refractivity (Wildman–Crippen MR) is 210 cm³/mol. The third-order valence-electron chi connectivity index (χ3n) is 10.1. The maximum absolute atomic E-state index is 2.41. The topological polar surface area (TPSA) is 6.48 Å². The predicted octanol–water partition coefficient (Wildman–Crippen LogP) is 13.6. The van der Waals surface area contributed by atoms with Crippen LogP contribution < -0.4 is 9.80 Å². The van der Waals surface area contributed by atoms with Crippen molar-refractivity contribution in [3.63, 3.8) is 0 Å². The zero-order valence-corrected chi connectivity index (χ0v) is 27.4. The van der Waals surface area contributed by atoms with Gasteiger partial charge in [0.05, 0.1) is 22.7 Å². The summed E-state index contributed by atoms with van der Waals surface area (Å²) in [7, 11) is 0. The number of benzene rings is 8. The molecule has 0 unspecified atom stereocenters. The quantitative estimate of drug-likeness (QED) is 0.190. The van der Waals surface area contributed by atoms with Gasteiger partial charge in [0.1, 0.15) is 0 Å². The van der Waals surface area contributed by atoms with Crippen LogP contribution in [-0.2, 0) is 0 Å². The van der Waals surface area contributed by atoms with Crippen LogP contribution in [-0.4, -0.2) is 0 Å². The molecule has 2 heterocycles. The number of rotatable bonds is 3. The molecule has 0 atom stereocenters. The van der Waals surface area contributed by atoms with Crippen molar-refractivity contribution in [2.45, 2.75) is 0 Å². The Labute approximate surface area is 292 Å². The van der Waals surface area contributed by atoms with E-state index in [2.05, 4.69) is 204 Å². The molecule has 2 heteroatoms. The summed E-state index contributed by atoms with van der Waals surface area (Å²) in [5.41, 5.74) is 19.2. The molecule has 0 N–H and O–H groups in total. The van der Waals surface area contributed by atoms with Crippen LogP contribution in [0.1, 0.15) is 0 Å². The summed E-state index contributed by atoms with van der Waals surface area (Å²) >= 11 is 0. The number of hydrogen-bond donors (Lipinski definition) is 0. The van der Waals surface area contributed by atoms with Gasteiger partial charge in [0.15, 0.2) is 0 Å². The molecule has 0 aliphatic carbocycles. The average molecular weight is 637 g/mol. The van der Waals surface area contributed by atoms with E-state index in [1.54, 1.807) is 0 Å². The largest absolute Gasteiger partial charge is 0.309 e. The monoisotopic (exact) mass is 636 g/mol. The van der Waals surface area contributed by atoms with Crippen LogP contribution in [0.15, 0.2) is 194 Å². The van der Waals surface area contributed by atoms with Gasteiger partial charge < -0.3 is 9.80 Å². The lowest BCUT2D eigenvalue weighted by atomic mass is 9.90. The van der Waals surface area contributed by atoms with Crippen molar-refractivity contribution in [2.24, 2.45) is 0 Å². The summed E-state index contributed by atoms with van der Waals surface area (Å²) in [6.45, 7) is 0. The number of fused-ring (bicyclic) bond motifs is 10. The van der Waals surface area contributed by atoms with E-state index in [1.165, 1.54) is 78.4 Å². The van der Waals surface area contributed by atoms with Crippen LogP contribution in [0.4, 0.5) is 34.1 Å². The molecule has 2 aliphatic heterocycles. The molecule has 2 aliphatic rings. The van der Waals surface area contributed by atoms with Crippen LogP contribution in [0.25, 0.3) is 55.6 Å². The summed E-state index contributed by atoms with van der Waals surface area (Å²) < 4.78 is 0. The maximum atomic E-state index is 2.41. The van der Waals surface area contributed by atoms with E-state index in [-0.39, 0.29) is 0 Å². The van der Waals surface area contributed by atoms with Crippen molar-refractivity contribution in [3.8, 4) is 55.6 Å². The third kappa shape index (κ3) is 4.43. The first-order chi connectivity index (χ1) is 24.8. The first-order valence-corrected chi connectivity index (χ1v) is 17.2. The Morgan fingerprint density at radius 2 is 0.520 bits per heavy atom. The molecule has 234 valence electrons. The fraction of sp³-hybridized carbons (Fsp3) is 0. The van der Waals surface area contributed by atoms with Crippen molar-refractivity contribution >= 4 is 34.1 Å². The van der Waals surface area contributed by atoms with Crippen molar-refractivity contribution in [1.82, 2.24) is 0 Å². The fourth-order valence-corrected chi connectivity index (χ4v) is 7.92. The molecule has 0 saturated heterocycles. The summed E-state index contributed by atoms with van der Waals surface area (Å²) in [4.78, 5) is 4.83. The Hall–Kier alpha value is -6.64. The van der Waals surface area contributed by atoms with Gasteiger partial charge in [0.25, 0.3) is 0 Å². The summed E-state index contributed by atoms with van der Waals surface area (Å²) in [6, 6.07) is 70.6. The van der Waals surface area contributed by atoms with Gasteiger partial charge in [-0.25, -0.2) is 0 Å². The van der Waals surface area contributed by atoms with E-state index in [0.29, 0.717) is 0 Å². The van der Waals surface area contributed by atoms with E-state index in [9.17, 15) is 0 Å². The molecule has 0 saturated carbocycles. The van der Waals surface area contributed by atoms with Crippen molar-refractivity contribution < 1.29 is 0 Å². The molecule has 10 rings (SSSR count). The van der Waals surface area contributed by atoms with Crippen LogP contribution in [0.2, 0.25) is 0 Å². The molecule has 0 aromatic heterocycles.